The zero-order valence-corrected chi connectivity index (χ0v) is 23.9. The van der Waals surface area contributed by atoms with Crippen LogP contribution in [0.1, 0.15) is 11.1 Å². The first kappa shape index (κ1) is 29.4. The number of carbonyl (C=O) groups excluding carboxylic acids is 1. The molecule has 4 rings (SSSR count). The molecular formula is C30H28ClN3O6S. The summed E-state index contributed by atoms with van der Waals surface area (Å²) >= 11 is 6.12. The smallest absolute Gasteiger partial charge is 0.264 e. The van der Waals surface area contributed by atoms with Gasteiger partial charge in [-0.3, -0.25) is 9.10 Å². The quantitative estimate of drug-likeness (QED) is 0.177. The van der Waals surface area contributed by atoms with Crippen molar-refractivity contribution in [2.45, 2.75) is 11.5 Å². The number of rotatable bonds is 12. The first-order chi connectivity index (χ1) is 19.8. The van der Waals surface area contributed by atoms with Crippen LogP contribution in [-0.4, -0.2) is 41.3 Å². The summed E-state index contributed by atoms with van der Waals surface area (Å²) in [4.78, 5) is 12.8. The molecule has 0 atom stereocenters. The van der Waals surface area contributed by atoms with E-state index in [1.807, 2.05) is 30.3 Å². The average molecular weight is 594 g/mol. The zero-order chi connectivity index (χ0) is 29.2. The van der Waals surface area contributed by atoms with Crippen LogP contribution in [0.25, 0.3) is 0 Å². The molecule has 4 aromatic rings. The van der Waals surface area contributed by atoms with Crippen LogP contribution in [0, 0.1) is 0 Å². The Morgan fingerprint density at radius 1 is 0.902 bits per heavy atom. The first-order valence-corrected chi connectivity index (χ1v) is 14.2. The molecule has 212 valence electrons. The topological polar surface area (TPSA) is 107 Å². The fourth-order valence-corrected chi connectivity index (χ4v) is 5.38. The maximum atomic E-state index is 13.5. The minimum absolute atomic E-state index is 0.0174. The van der Waals surface area contributed by atoms with Crippen molar-refractivity contribution in [3.63, 3.8) is 0 Å². The molecule has 4 aromatic carbocycles. The molecule has 0 spiro atoms. The third-order valence-corrected chi connectivity index (χ3v) is 7.88. The number of hydrogen-bond donors (Lipinski definition) is 1. The fourth-order valence-electron chi connectivity index (χ4n) is 3.78. The Balaban J connectivity index is 1.46. The Morgan fingerprint density at radius 3 is 2.34 bits per heavy atom. The number of nitrogens with one attached hydrogen (secondary N) is 1. The number of hydrazone groups is 1. The molecule has 0 aliphatic heterocycles. The summed E-state index contributed by atoms with van der Waals surface area (Å²) in [6, 6.07) is 27.0. The molecule has 0 aliphatic carbocycles. The van der Waals surface area contributed by atoms with E-state index in [-0.39, 0.29) is 10.6 Å². The van der Waals surface area contributed by atoms with Crippen LogP contribution < -0.4 is 23.9 Å². The highest BCUT2D eigenvalue weighted by atomic mass is 35.5. The maximum absolute atomic E-state index is 13.5. The highest BCUT2D eigenvalue weighted by molar-refractivity contribution is 7.92. The number of benzene rings is 4. The summed E-state index contributed by atoms with van der Waals surface area (Å²) < 4.78 is 44.4. The number of ether oxygens (including phenoxy) is 3. The molecule has 0 aliphatic rings. The van der Waals surface area contributed by atoms with Gasteiger partial charge in [-0.05, 0) is 71.8 Å². The normalized spacial score (nSPS) is 11.2. The van der Waals surface area contributed by atoms with E-state index in [0.717, 1.165) is 9.87 Å². The third-order valence-electron chi connectivity index (χ3n) is 5.86. The van der Waals surface area contributed by atoms with Crippen molar-refractivity contribution < 1.29 is 27.4 Å². The number of methoxy groups -OCH3 is 2. The number of nitrogens with zero attached hydrogens (tertiary/aromatic N) is 2. The van der Waals surface area contributed by atoms with Crippen molar-refractivity contribution in [3.05, 3.63) is 113 Å². The monoisotopic (exact) mass is 593 g/mol. The van der Waals surface area contributed by atoms with Crippen LogP contribution >= 0.6 is 11.6 Å². The van der Waals surface area contributed by atoms with Gasteiger partial charge in [-0.15, -0.1) is 0 Å². The van der Waals surface area contributed by atoms with E-state index >= 15 is 0 Å². The predicted molar refractivity (Wildman–Crippen MR) is 158 cm³/mol. The molecular weight excluding hydrogens is 566 g/mol. The lowest BCUT2D eigenvalue weighted by atomic mass is 10.2. The van der Waals surface area contributed by atoms with Crippen LogP contribution in [0.15, 0.2) is 107 Å². The number of hydrogen-bond acceptors (Lipinski definition) is 7. The van der Waals surface area contributed by atoms with E-state index in [4.69, 9.17) is 25.8 Å². The molecule has 1 amide bonds. The zero-order valence-electron chi connectivity index (χ0n) is 22.4. The molecule has 11 heteroatoms. The fraction of sp³-hybridized carbons (Fsp3) is 0.133. The van der Waals surface area contributed by atoms with E-state index < -0.39 is 22.5 Å². The van der Waals surface area contributed by atoms with Gasteiger partial charge in [0.15, 0.2) is 11.5 Å². The SMILES string of the molecule is COc1ccc(S(=O)(=O)N(CC(=O)N/N=C\c2ccc(OCc3ccccc3)c(OC)c2)c2cccc(Cl)c2)cc1. The van der Waals surface area contributed by atoms with Crippen LogP contribution in [0.3, 0.4) is 0 Å². The molecule has 41 heavy (non-hydrogen) atoms. The van der Waals surface area contributed by atoms with Gasteiger partial charge >= 0.3 is 0 Å². The second-order valence-corrected chi connectivity index (χ2v) is 10.9. The van der Waals surface area contributed by atoms with Crippen molar-refractivity contribution in [2.24, 2.45) is 5.10 Å². The Hall–Kier alpha value is -4.54. The molecule has 0 saturated heterocycles. The molecule has 0 bridgehead atoms. The lowest BCUT2D eigenvalue weighted by molar-refractivity contribution is -0.119. The van der Waals surface area contributed by atoms with Crippen LogP contribution in [0.4, 0.5) is 5.69 Å². The number of halogens is 1. The van der Waals surface area contributed by atoms with Crippen molar-refractivity contribution in [2.75, 3.05) is 25.1 Å². The molecule has 1 N–H and O–H groups in total. The van der Waals surface area contributed by atoms with Crippen LogP contribution in [-0.2, 0) is 21.4 Å². The second-order valence-electron chi connectivity index (χ2n) is 8.64. The molecule has 9 nitrogen and oxygen atoms in total. The molecule has 0 saturated carbocycles. The Morgan fingerprint density at radius 2 is 1.66 bits per heavy atom. The van der Waals surface area contributed by atoms with Gasteiger partial charge in [0.25, 0.3) is 15.9 Å². The molecule has 0 unspecified atom stereocenters. The Kier molecular flexibility index (Phi) is 9.83. The third kappa shape index (κ3) is 7.77. The van der Waals surface area contributed by atoms with Gasteiger partial charge in [0.2, 0.25) is 0 Å². The highest BCUT2D eigenvalue weighted by Crippen LogP contribution is 2.29. The van der Waals surface area contributed by atoms with E-state index in [1.165, 1.54) is 50.8 Å². The van der Waals surface area contributed by atoms with Crippen molar-refractivity contribution in [3.8, 4) is 17.2 Å². The van der Waals surface area contributed by atoms with Gasteiger partial charge < -0.3 is 14.2 Å². The summed E-state index contributed by atoms with van der Waals surface area (Å²) in [6.07, 6.45) is 1.42. The summed E-state index contributed by atoms with van der Waals surface area (Å²) in [5, 5.41) is 4.32. The van der Waals surface area contributed by atoms with E-state index in [1.54, 1.807) is 36.4 Å². The predicted octanol–water partition coefficient (Wildman–Crippen LogP) is 5.28. The second kappa shape index (κ2) is 13.7. The summed E-state index contributed by atoms with van der Waals surface area (Å²) in [5.74, 6) is 0.887. The minimum atomic E-state index is -4.13. The number of amides is 1. The molecule has 0 radical (unpaired) electrons. The first-order valence-electron chi connectivity index (χ1n) is 12.4. The lowest BCUT2D eigenvalue weighted by Crippen LogP contribution is -2.39. The molecule has 0 fully saturated rings. The number of anilines is 1. The summed E-state index contributed by atoms with van der Waals surface area (Å²) in [5.41, 5.74) is 4.26. The Bertz CT molecular complexity index is 1610. The summed E-state index contributed by atoms with van der Waals surface area (Å²) in [7, 11) is -1.12. The van der Waals surface area contributed by atoms with Crippen molar-refractivity contribution >= 4 is 39.4 Å². The maximum Gasteiger partial charge on any atom is 0.264 e. The summed E-state index contributed by atoms with van der Waals surface area (Å²) in [6.45, 7) is -0.162. The van der Waals surface area contributed by atoms with Crippen LogP contribution in [0.2, 0.25) is 5.02 Å². The standard InChI is InChI=1S/C30H28ClN3O6S/c1-38-26-12-14-27(15-13-26)41(36,37)34(25-10-6-9-24(31)18-25)20-30(35)33-32-19-23-11-16-28(29(17-23)39-2)40-21-22-7-4-3-5-8-22/h3-19H,20-21H2,1-2H3,(H,33,35)/b32-19-. The van der Waals surface area contributed by atoms with Gasteiger partial charge in [-0.25, -0.2) is 13.8 Å². The van der Waals surface area contributed by atoms with E-state index in [2.05, 4.69) is 10.5 Å². The minimum Gasteiger partial charge on any atom is -0.497 e. The number of sulfonamides is 1. The van der Waals surface area contributed by atoms with Gasteiger partial charge in [0.1, 0.15) is 18.9 Å². The highest BCUT2D eigenvalue weighted by Gasteiger charge is 2.27. The average Bonchev–Trinajstić information content (AvgIpc) is 2.99. The largest absolute Gasteiger partial charge is 0.497 e. The van der Waals surface area contributed by atoms with Gasteiger partial charge in [-0.1, -0.05) is 48.0 Å². The van der Waals surface area contributed by atoms with Crippen molar-refractivity contribution in [1.29, 1.82) is 0 Å². The number of carbonyl (C=O) groups is 1. The van der Waals surface area contributed by atoms with E-state index in [0.29, 0.717) is 34.4 Å². The lowest BCUT2D eigenvalue weighted by Gasteiger charge is -2.24. The Labute approximate surface area is 244 Å². The molecule has 0 aromatic heterocycles. The van der Waals surface area contributed by atoms with Gasteiger partial charge in [0, 0.05) is 5.02 Å². The van der Waals surface area contributed by atoms with Crippen LogP contribution in [0.5, 0.6) is 17.2 Å². The van der Waals surface area contributed by atoms with Gasteiger partial charge in [0.05, 0.1) is 31.0 Å². The van der Waals surface area contributed by atoms with Crippen molar-refractivity contribution in [1.82, 2.24) is 5.43 Å². The molecule has 0 heterocycles. The van der Waals surface area contributed by atoms with E-state index in [9.17, 15) is 13.2 Å². The van der Waals surface area contributed by atoms with Gasteiger partial charge in [-0.2, -0.15) is 5.10 Å².